The molecule has 1 amide bonds. The van der Waals surface area contributed by atoms with Crippen LogP contribution in [-0.2, 0) is 19.4 Å². The summed E-state index contributed by atoms with van der Waals surface area (Å²) in [6.07, 6.45) is 2.77. The molecule has 2 N–H and O–H groups in total. The number of pyridine rings is 2. The number of aryl methyl sites for hydroxylation is 3. The predicted octanol–water partition coefficient (Wildman–Crippen LogP) is 3.68. The lowest BCUT2D eigenvalue weighted by atomic mass is 10.1. The Bertz CT molecular complexity index is 1890. The Hall–Kier alpha value is -5.12. The number of amides is 1. The number of carbonyl (C=O) groups excluding carboxylic acids is 1. The van der Waals surface area contributed by atoms with Crippen molar-refractivity contribution in [3.63, 3.8) is 0 Å². The lowest BCUT2D eigenvalue weighted by molar-refractivity contribution is 0.0951. The average Bonchev–Trinajstić information content (AvgIpc) is 3.01. The highest BCUT2D eigenvalue weighted by molar-refractivity contribution is 5.96. The van der Waals surface area contributed by atoms with Crippen molar-refractivity contribution in [2.75, 3.05) is 27.9 Å². The molecule has 0 spiro atoms. The van der Waals surface area contributed by atoms with Crippen LogP contribution in [-0.4, -0.2) is 47.7 Å². The zero-order chi connectivity index (χ0) is 29.8. The monoisotopic (exact) mass is 567 g/mol. The van der Waals surface area contributed by atoms with Crippen LogP contribution >= 0.6 is 0 Å². The molecule has 0 aliphatic carbocycles. The summed E-state index contributed by atoms with van der Waals surface area (Å²) in [5.41, 5.74) is 3.50. The molecule has 5 rings (SSSR count). The molecule has 0 atom stereocenters. The number of rotatable bonds is 10. The number of ether oxygens (including phenoxy) is 3. The molecule has 42 heavy (non-hydrogen) atoms. The van der Waals surface area contributed by atoms with E-state index in [2.05, 4.69) is 5.32 Å². The summed E-state index contributed by atoms with van der Waals surface area (Å²) in [5.74, 6) is 1.55. The molecule has 0 bridgehead atoms. The second kappa shape index (κ2) is 12.2. The Morgan fingerprint density at radius 3 is 2.36 bits per heavy atom. The van der Waals surface area contributed by atoms with E-state index >= 15 is 0 Å². The second-order valence-electron chi connectivity index (χ2n) is 9.89. The third-order valence-electron chi connectivity index (χ3n) is 7.31. The number of aromatic nitrogens is 3. The van der Waals surface area contributed by atoms with Crippen LogP contribution in [0, 0.1) is 12.3 Å². The number of carbonyl (C=O) groups is 1. The molecule has 5 aromatic rings. The van der Waals surface area contributed by atoms with E-state index in [4.69, 9.17) is 24.6 Å². The van der Waals surface area contributed by atoms with Gasteiger partial charge in [-0.15, -0.1) is 0 Å². The van der Waals surface area contributed by atoms with Gasteiger partial charge in [0, 0.05) is 19.3 Å². The fraction of sp³-hybridized carbons (Fsp3) is 0.250. The molecule has 10 nitrogen and oxygen atoms in total. The molecule has 0 fully saturated rings. The summed E-state index contributed by atoms with van der Waals surface area (Å²) < 4.78 is 19.1. The van der Waals surface area contributed by atoms with Gasteiger partial charge < -0.3 is 24.1 Å². The van der Waals surface area contributed by atoms with Gasteiger partial charge in [-0.25, -0.2) is 4.98 Å². The van der Waals surface area contributed by atoms with E-state index in [9.17, 15) is 9.59 Å². The van der Waals surface area contributed by atoms with Crippen LogP contribution in [0.25, 0.3) is 16.7 Å². The Morgan fingerprint density at radius 1 is 0.905 bits per heavy atom. The zero-order valence-corrected chi connectivity index (χ0v) is 24.1. The molecule has 0 unspecified atom stereocenters. The van der Waals surface area contributed by atoms with Crippen LogP contribution in [0.2, 0.25) is 0 Å². The fourth-order valence-corrected chi connectivity index (χ4v) is 4.97. The number of nitrogens with zero attached hydrogens (tertiary/aromatic N) is 3. The smallest absolute Gasteiger partial charge is 0.267 e. The van der Waals surface area contributed by atoms with E-state index in [-0.39, 0.29) is 22.0 Å². The summed E-state index contributed by atoms with van der Waals surface area (Å²) in [4.78, 5) is 31.8. The maximum atomic E-state index is 13.6. The topological polar surface area (TPSA) is 120 Å². The highest BCUT2D eigenvalue weighted by atomic mass is 16.5. The third kappa shape index (κ3) is 5.56. The average molecular weight is 568 g/mol. The SMILES string of the molecule is COc1ccc(CCn2c(=N)c(C(=O)NCCc3ccc(OC)c(OC)c3)cc3c(=O)n4cccc(C)c4nc32)cc1. The second-order valence-corrected chi connectivity index (χ2v) is 9.89. The van der Waals surface area contributed by atoms with E-state index in [0.717, 1.165) is 22.4 Å². The number of fused-ring (bicyclic) bond motifs is 2. The minimum atomic E-state index is -0.436. The first-order valence-corrected chi connectivity index (χ1v) is 13.6. The molecule has 0 radical (unpaired) electrons. The van der Waals surface area contributed by atoms with Crippen LogP contribution in [0.1, 0.15) is 27.0 Å². The summed E-state index contributed by atoms with van der Waals surface area (Å²) >= 11 is 0. The van der Waals surface area contributed by atoms with Crippen LogP contribution < -0.4 is 30.6 Å². The van der Waals surface area contributed by atoms with Crippen molar-refractivity contribution in [3.05, 3.63) is 105 Å². The normalized spacial score (nSPS) is 11.0. The van der Waals surface area contributed by atoms with Crippen molar-refractivity contribution in [1.82, 2.24) is 19.3 Å². The molecule has 216 valence electrons. The highest BCUT2D eigenvalue weighted by Crippen LogP contribution is 2.27. The van der Waals surface area contributed by atoms with Gasteiger partial charge in [0.25, 0.3) is 11.5 Å². The summed E-state index contributed by atoms with van der Waals surface area (Å²) in [6.45, 7) is 2.56. The van der Waals surface area contributed by atoms with Gasteiger partial charge in [-0.3, -0.25) is 19.4 Å². The number of hydrogen-bond donors (Lipinski definition) is 2. The van der Waals surface area contributed by atoms with Gasteiger partial charge in [0.1, 0.15) is 22.5 Å². The summed E-state index contributed by atoms with van der Waals surface area (Å²) in [5, 5.41) is 12.2. The van der Waals surface area contributed by atoms with Gasteiger partial charge in [-0.05, 0) is 72.9 Å². The zero-order valence-electron chi connectivity index (χ0n) is 24.1. The van der Waals surface area contributed by atoms with Crippen LogP contribution in [0.5, 0.6) is 17.2 Å². The number of hydrogen-bond acceptors (Lipinski definition) is 7. The third-order valence-corrected chi connectivity index (χ3v) is 7.31. The van der Waals surface area contributed by atoms with E-state index in [0.29, 0.717) is 48.7 Å². The van der Waals surface area contributed by atoms with E-state index < -0.39 is 5.91 Å². The Morgan fingerprint density at radius 2 is 1.64 bits per heavy atom. The van der Waals surface area contributed by atoms with Crippen LogP contribution in [0.4, 0.5) is 0 Å². The molecule has 3 aromatic heterocycles. The van der Waals surface area contributed by atoms with Crippen molar-refractivity contribution in [1.29, 1.82) is 5.41 Å². The van der Waals surface area contributed by atoms with Gasteiger partial charge in [-0.1, -0.05) is 24.3 Å². The Kier molecular flexibility index (Phi) is 8.24. The minimum Gasteiger partial charge on any atom is -0.497 e. The largest absolute Gasteiger partial charge is 0.497 e. The standard InChI is InChI=1S/C32H33N5O5/c1-20-6-5-16-37-29(20)35-30-25(32(37)39)19-24(28(33)36(30)17-14-21-7-10-23(40-2)11-8-21)31(38)34-15-13-22-9-12-26(41-3)27(18-22)42-4/h5-12,16,18-19,33H,13-15,17H2,1-4H3,(H,34,38). The van der Waals surface area contributed by atoms with E-state index in [1.165, 1.54) is 10.5 Å². The summed E-state index contributed by atoms with van der Waals surface area (Å²) in [7, 11) is 4.77. The van der Waals surface area contributed by atoms with Gasteiger partial charge in [0.2, 0.25) is 0 Å². The first kappa shape index (κ1) is 28.4. The van der Waals surface area contributed by atoms with Crippen LogP contribution in [0.15, 0.2) is 71.7 Å². The quantitative estimate of drug-likeness (QED) is 0.249. The van der Waals surface area contributed by atoms with Crippen molar-refractivity contribution in [2.24, 2.45) is 0 Å². The van der Waals surface area contributed by atoms with Crippen molar-refractivity contribution >= 4 is 22.6 Å². The first-order chi connectivity index (χ1) is 20.3. The van der Waals surface area contributed by atoms with Gasteiger partial charge >= 0.3 is 0 Å². The molecule has 2 aromatic carbocycles. The number of nitrogens with one attached hydrogen (secondary N) is 2. The molecule has 0 saturated carbocycles. The van der Waals surface area contributed by atoms with Crippen molar-refractivity contribution < 1.29 is 19.0 Å². The minimum absolute atomic E-state index is 0.00976. The maximum absolute atomic E-state index is 13.6. The van der Waals surface area contributed by atoms with E-state index in [1.54, 1.807) is 38.2 Å². The van der Waals surface area contributed by atoms with E-state index in [1.807, 2.05) is 55.5 Å². The molecule has 10 heteroatoms. The lowest BCUT2D eigenvalue weighted by Gasteiger charge is -2.16. The van der Waals surface area contributed by atoms with Crippen molar-refractivity contribution in [3.8, 4) is 17.2 Å². The van der Waals surface area contributed by atoms with Crippen molar-refractivity contribution in [2.45, 2.75) is 26.3 Å². The molecule has 3 heterocycles. The van der Waals surface area contributed by atoms with Gasteiger partial charge in [-0.2, -0.15) is 0 Å². The van der Waals surface area contributed by atoms with Crippen LogP contribution in [0.3, 0.4) is 0 Å². The fourth-order valence-electron chi connectivity index (χ4n) is 4.97. The molecule has 0 aliphatic heterocycles. The summed E-state index contributed by atoms with van der Waals surface area (Å²) in [6, 6.07) is 18.4. The van der Waals surface area contributed by atoms with Gasteiger partial charge in [0.05, 0.1) is 32.3 Å². The molecule has 0 saturated heterocycles. The number of benzene rings is 2. The predicted molar refractivity (Wildman–Crippen MR) is 160 cm³/mol. The lowest BCUT2D eigenvalue weighted by Crippen LogP contribution is -2.36. The molecular formula is C32H33N5O5. The highest BCUT2D eigenvalue weighted by Gasteiger charge is 2.18. The molecular weight excluding hydrogens is 534 g/mol. The molecule has 0 aliphatic rings. The number of methoxy groups -OCH3 is 3. The van der Waals surface area contributed by atoms with Gasteiger partial charge in [0.15, 0.2) is 11.5 Å². The Labute approximate surface area is 242 Å². The Balaban J connectivity index is 1.50. The maximum Gasteiger partial charge on any atom is 0.267 e. The first-order valence-electron chi connectivity index (χ1n) is 13.6.